The Labute approximate surface area is 187 Å². The van der Waals surface area contributed by atoms with E-state index in [9.17, 15) is 24.5 Å². The Morgan fingerprint density at radius 1 is 1.27 bits per heavy atom. The van der Waals surface area contributed by atoms with E-state index < -0.39 is 22.1 Å². The second-order valence-electron chi connectivity index (χ2n) is 7.07. The monoisotopic (exact) mass is 457 g/mol. The Kier molecular flexibility index (Phi) is 7.35. The van der Waals surface area contributed by atoms with Crippen LogP contribution in [-0.2, 0) is 29.2 Å². The number of benzene rings is 1. The Morgan fingerprint density at radius 2 is 2.00 bits per heavy atom. The fourth-order valence-corrected chi connectivity index (χ4v) is 3.22. The lowest BCUT2D eigenvalue weighted by Crippen LogP contribution is -2.41. The summed E-state index contributed by atoms with van der Waals surface area (Å²) in [6.07, 6.45) is 2.17. The summed E-state index contributed by atoms with van der Waals surface area (Å²) in [6.45, 7) is 0.309. The molecule has 0 aliphatic rings. The number of hydrogen-bond donors (Lipinski definition) is 2. The number of methoxy groups -OCH3 is 1. The molecule has 0 aliphatic carbocycles. The lowest BCUT2D eigenvalue weighted by Gasteiger charge is -2.24. The number of nitrogens with one attached hydrogen (secondary N) is 1. The number of ether oxygens (including phenoxy) is 1. The Bertz CT molecular complexity index is 1250. The number of carbonyl (C=O) groups is 1. The molecule has 0 saturated carbocycles. The van der Waals surface area contributed by atoms with E-state index in [0.29, 0.717) is 0 Å². The van der Waals surface area contributed by atoms with Crippen molar-refractivity contribution < 1.29 is 14.5 Å². The molecule has 0 unspecified atom stereocenters. The lowest BCUT2D eigenvalue weighted by atomic mass is 10.2. The fraction of sp³-hybridized carbons (Fsp3) is 0.300. The minimum absolute atomic E-state index is 0.0225. The first-order valence-corrected chi connectivity index (χ1v) is 9.94. The third-order valence-corrected chi connectivity index (χ3v) is 4.87. The van der Waals surface area contributed by atoms with Crippen molar-refractivity contribution in [2.75, 3.05) is 24.4 Å². The maximum absolute atomic E-state index is 13.2. The van der Waals surface area contributed by atoms with Gasteiger partial charge in [-0.2, -0.15) is 5.10 Å². The highest BCUT2D eigenvalue weighted by atomic mass is 16.6. The number of nitrogens with zero attached hydrogens (tertiary/aromatic N) is 5. The van der Waals surface area contributed by atoms with Crippen LogP contribution in [0.3, 0.4) is 0 Å². The van der Waals surface area contributed by atoms with E-state index in [1.807, 2.05) is 6.07 Å². The molecule has 0 spiro atoms. The van der Waals surface area contributed by atoms with Gasteiger partial charge in [0, 0.05) is 20.1 Å². The lowest BCUT2D eigenvalue weighted by molar-refractivity contribution is -0.385. The SMILES string of the molecule is COCCn1c(N)c(N(Cc2ccccc2)C(=O)CCn2cc([N+](=O)[O-])cn2)c(=O)[nH]c1=O. The molecule has 2 heterocycles. The third-order valence-electron chi connectivity index (χ3n) is 4.87. The second kappa shape index (κ2) is 10.4. The summed E-state index contributed by atoms with van der Waals surface area (Å²) in [5.74, 6) is -0.647. The number of hydrogen-bond acceptors (Lipinski definition) is 8. The third kappa shape index (κ3) is 5.51. The highest BCUT2D eigenvalue weighted by Crippen LogP contribution is 2.21. The number of nitrogen functional groups attached to an aromatic ring is 1. The molecule has 33 heavy (non-hydrogen) atoms. The number of H-pyrrole nitrogens is 1. The number of nitrogens with two attached hydrogens (primary N) is 1. The van der Waals surface area contributed by atoms with Crippen LogP contribution in [0.25, 0.3) is 0 Å². The van der Waals surface area contributed by atoms with E-state index in [2.05, 4.69) is 10.1 Å². The minimum atomic E-state index is -0.801. The average molecular weight is 457 g/mol. The molecular weight excluding hydrogens is 434 g/mol. The molecule has 3 aromatic rings. The summed E-state index contributed by atoms with van der Waals surface area (Å²) in [6, 6.07) is 8.94. The van der Waals surface area contributed by atoms with Crippen LogP contribution in [0.4, 0.5) is 17.2 Å². The standard InChI is InChI=1S/C20H23N7O6/c1-33-10-9-25-18(21)17(19(29)23-20(25)30)26(12-14-5-3-2-4-6-14)16(28)7-8-24-13-15(11-22-24)27(31)32/h2-6,11,13H,7-10,12,21H2,1H3,(H,23,29,30). The Hall–Kier alpha value is -4.26. The summed E-state index contributed by atoms with van der Waals surface area (Å²) in [5, 5.41) is 14.7. The van der Waals surface area contributed by atoms with E-state index in [0.717, 1.165) is 16.3 Å². The van der Waals surface area contributed by atoms with E-state index in [-0.39, 0.29) is 49.9 Å². The van der Waals surface area contributed by atoms with Gasteiger partial charge in [-0.3, -0.25) is 33.9 Å². The average Bonchev–Trinajstić information content (AvgIpc) is 3.27. The van der Waals surface area contributed by atoms with Gasteiger partial charge in [0.1, 0.15) is 18.2 Å². The molecule has 2 aromatic heterocycles. The van der Waals surface area contributed by atoms with Crippen molar-refractivity contribution in [3.8, 4) is 0 Å². The van der Waals surface area contributed by atoms with Gasteiger partial charge in [-0.05, 0) is 5.56 Å². The van der Waals surface area contributed by atoms with Crippen LogP contribution in [0.15, 0.2) is 52.3 Å². The molecule has 0 radical (unpaired) electrons. The van der Waals surface area contributed by atoms with Gasteiger partial charge in [-0.1, -0.05) is 30.3 Å². The summed E-state index contributed by atoms with van der Waals surface area (Å²) >= 11 is 0. The van der Waals surface area contributed by atoms with Gasteiger partial charge < -0.3 is 15.4 Å². The van der Waals surface area contributed by atoms with Crippen molar-refractivity contribution in [1.82, 2.24) is 19.3 Å². The topological polar surface area (TPSA) is 171 Å². The quantitative estimate of drug-likeness (QED) is 0.327. The molecule has 0 bridgehead atoms. The van der Waals surface area contributed by atoms with Crippen molar-refractivity contribution in [3.05, 3.63) is 79.2 Å². The Balaban J connectivity index is 1.95. The maximum atomic E-state index is 13.2. The van der Waals surface area contributed by atoms with Crippen molar-refractivity contribution in [2.45, 2.75) is 26.1 Å². The molecule has 174 valence electrons. The van der Waals surface area contributed by atoms with Crippen LogP contribution < -0.4 is 21.9 Å². The number of aromatic nitrogens is 4. The van der Waals surface area contributed by atoms with E-state index in [4.69, 9.17) is 10.5 Å². The van der Waals surface area contributed by atoms with Gasteiger partial charge in [-0.25, -0.2) is 4.79 Å². The number of carbonyl (C=O) groups excluding carboxylic acids is 1. The van der Waals surface area contributed by atoms with Gasteiger partial charge in [-0.15, -0.1) is 0 Å². The van der Waals surface area contributed by atoms with Gasteiger partial charge in [0.15, 0.2) is 5.69 Å². The maximum Gasteiger partial charge on any atom is 0.330 e. The van der Waals surface area contributed by atoms with Crippen LogP contribution >= 0.6 is 0 Å². The van der Waals surface area contributed by atoms with E-state index >= 15 is 0 Å². The largest absolute Gasteiger partial charge is 0.383 e. The van der Waals surface area contributed by atoms with Gasteiger partial charge in [0.2, 0.25) is 5.91 Å². The molecule has 0 fully saturated rings. The van der Waals surface area contributed by atoms with Crippen LogP contribution in [0.5, 0.6) is 0 Å². The molecule has 0 aliphatic heterocycles. The fourth-order valence-electron chi connectivity index (χ4n) is 3.22. The number of rotatable bonds is 10. The Morgan fingerprint density at radius 3 is 2.64 bits per heavy atom. The molecular formula is C20H23N7O6. The minimum Gasteiger partial charge on any atom is -0.383 e. The van der Waals surface area contributed by atoms with Gasteiger partial charge >= 0.3 is 11.4 Å². The summed E-state index contributed by atoms with van der Waals surface area (Å²) in [5.41, 5.74) is 5.02. The summed E-state index contributed by atoms with van der Waals surface area (Å²) < 4.78 is 7.39. The van der Waals surface area contributed by atoms with Crippen molar-refractivity contribution in [1.29, 1.82) is 0 Å². The molecule has 13 heteroatoms. The van der Waals surface area contributed by atoms with Crippen molar-refractivity contribution >= 4 is 23.1 Å². The second-order valence-corrected chi connectivity index (χ2v) is 7.07. The zero-order valence-electron chi connectivity index (χ0n) is 17.8. The summed E-state index contributed by atoms with van der Waals surface area (Å²) in [4.78, 5) is 51.8. The van der Waals surface area contributed by atoms with E-state index in [1.165, 1.54) is 22.9 Å². The highest BCUT2D eigenvalue weighted by molar-refractivity contribution is 5.95. The molecule has 1 amide bonds. The van der Waals surface area contributed by atoms with Gasteiger partial charge in [0.05, 0.1) is 24.6 Å². The molecule has 1 aromatic carbocycles. The first-order valence-electron chi connectivity index (χ1n) is 9.94. The van der Waals surface area contributed by atoms with Crippen molar-refractivity contribution in [3.63, 3.8) is 0 Å². The predicted octanol–water partition coefficient (Wildman–Crippen LogP) is 0.493. The van der Waals surface area contributed by atoms with Gasteiger partial charge in [0.25, 0.3) is 5.56 Å². The first kappa shape index (κ1) is 23.4. The van der Waals surface area contributed by atoms with Crippen LogP contribution in [0.1, 0.15) is 12.0 Å². The first-order chi connectivity index (χ1) is 15.8. The smallest absolute Gasteiger partial charge is 0.330 e. The van der Waals surface area contributed by atoms with Crippen LogP contribution in [0, 0.1) is 10.1 Å². The zero-order chi connectivity index (χ0) is 24.0. The van der Waals surface area contributed by atoms with Crippen LogP contribution in [-0.4, -0.2) is 43.9 Å². The number of anilines is 2. The van der Waals surface area contributed by atoms with Crippen LogP contribution in [0.2, 0.25) is 0 Å². The van der Waals surface area contributed by atoms with Crippen molar-refractivity contribution in [2.24, 2.45) is 0 Å². The highest BCUT2D eigenvalue weighted by Gasteiger charge is 2.24. The molecule has 0 atom stereocenters. The number of nitro groups is 1. The normalized spacial score (nSPS) is 10.8. The predicted molar refractivity (Wildman–Crippen MR) is 119 cm³/mol. The molecule has 3 rings (SSSR count). The van der Waals surface area contributed by atoms with E-state index in [1.54, 1.807) is 24.3 Å². The zero-order valence-corrected chi connectivity index (χ0v) is 17.8. The molecule has 0 saturated heterocycles. The number of amides is 1. The molecule has 13 nitrogen and oxygen atoms in total. The molecule has 3 N–H and O–H groups in total. The summed E-state index contributed by atoms with van der Waals surface area (Å²) in [7, 11) is 1.46. The number of aromatic amines is 1. The number of aryl methyl sites for hydroxylation is 1.